The third-order valence-corrected chi connectivity index (χ3v) is 4.40. The SMILES string of the molecule is CN(C)c1ncc(NC(=O)N[C@H]2CCN(C)[C@H]2c2ccccc2)cn1. The first-order valence-electron chi connectivity index (χ1n) is 8.36. The molecular formula is C18H24N6O. The maximum atomic E-state index is 12.4. The number of rotatable bonds is 4. The number of nitrogens with zero attached hydrogens (tertiary/aromatic N) is 4. The van der Waals surface area contributed by atoms with Crippen LogP contribution in [0.5, 0.6) is 0 Å². The van der Waals surface area contributed by atoms with Crippen LogP contribution < -0.4 is 15.5 Å². The van der Waals surface area contributed by atoms with Gasteiger partial charge >= 0.3 is 6.03 Å². The molecule has 3 rings (SSSR count). The average molecular weight is 340 g/mol. The minimum atomic E-state index is -0.234. The highest BCUT2D eigenvalue weighted by Crippen LogP contribution is 2.30. The van der Waals surface area contributed by atoms with Crippen molar-refractivity contribution in [3.8, 4) is 0 Å². The second-order valence-electron chi connectivity index (χ2n) is 6.50. The summed E-state index contributed by atoms with van der Waals surface area (Å²) in [6, 6.07) is 10.3. The van der Waals surface area contributed by atoms with E-state index in [0.717, 1.165) is 13.0 Å². The van der Waals surface area contributed by atoms with Gasteiger partial charge in [-0.2, -0.15) is 0 Å². The molecule has 1 aromatic carbocycles. The van der Waals surface area contributed by atoms with Gasteiger partial charge in [0.15, 0.2) is 0 Å². The van der Waals surface area contributed by atoms with E-state index in [1.807, 2.05) is 37.2 Å². The molecule has 7 nitrogen and oxygen atoms in total. The van der Waals surface area contributed by atoms with Gasteiger partial charge in [-0.15, -0.1) is 0 Å². The first-order chi connectivity index (χ1) is 12.0. The summed E-state index contributed by atoms with van der Waals surface area (Å²) in [7, 11) is 5.83. The fourth-order valence-corrected chi connectivity index (χ4v) is 3.19. The Kier molecular flexibility index (Phi) is 5.14. The molecule has 7 heteroatoms. The molecular weight excluding hydrogens is 316 g/mol. The van der Waals surface area contributed by atoms with Gasteiger partial charge < -0.3 is 15.5 Å². The highest BCUT2D eigenvalue weighted by Gasteiger charge is 2.33. The van der Waals surface area contributed by atoms with Crippen molar-refractivity contribution in [1.29, 1.82) is 0 Å². The lowest BCUT2D eigenvalue weighted by Crippen LogP contribution is -2.41. The van der Waals surface area contributed by atoms with Crippen LogP contribution in [0.3, 0.4) is 0 Å². The number of urea groups is 1. The zero-order valence-electron chi connectivity index (χ0n) is 14.8. The predicted octanol–water partition coefficient (Wildman–Crippen LogP) is 2.11. The molecule has 0 radical (unpaired) electrons. The number of carbonyl (C=O) groups excluding carboxylic acids is 1. The van der Waals surface area contributed by atoms with Crippen molar-refractivity contribution in [2.24, 2.45) is 0 Å². The maximum absolute atomic E-state index is 12.4. The molecule has 0 aliphatic carbocycles. The lowest BCUT2D eigenvalue weighted by Gasteiger charge is -2.26. The number of likely N-dealkylation sites (tertiary alicyclic amines) is 1. The fraction of sp³-hybridized carbons (Fsp3) is 0.389. The third kappa shape index (κ3) is 4.06. The molecule has 1 saturated heterocycles. The van der Waals surface area contributed by atoms with Gasteiger partial charge in [0, 0.05) is 20.6 Å². The monoisotopic (exact) mass is 340 g/mol. The zero-order chi connectivity index (χ0) is 17.8. The Hall–Kier alpha value is -2.67. The maximum Gasteiger partial charge on any atom is 0.319 e. The second kappa shape index (κ2) is 7.48. The predicted molar refractivity (Wildman–Crippen MR) is 98.7 cm³/mol. The molecule has 2 aromatic rings. The van der Waals surface area contributed by atoms with Crippen molar-refractivity contribution in [2.75, 3.05) is 37.9 Å². The molecule has 0 bridgehead atoms. The van der Waals surface area contributed by atoms with Gasteiger partial charge in [-0.25, -0.2) is 14.8 Å². The van der Waals surface area contributed by atoms with E-state index in [0.29, 0.717) is 11.6 Å². The molecule has 2 atom stereocenters. The highest BCUT2D eigenvalue weighted by molar-refractivity contribution is 5.89. The summed E-state index contributed by atoms with van der Waals surface area (Å²) in [5.41, 5.74) is 1.79. The number of hydrogen-bond acceptors (Lipinski definition) is 5. The third-order valence-electron chi connectivity index (χ3n) is 4.40. The Bertz CT molecular complexity index is 703. The van der Waals surface area contributed by atoms with Crippen LogP contribution in [-0.4, -0.2) is 54.6 Å². The molecule has 0 saturated carbocycles. The quantitative estimate of drug-likeness (QED) is 0.892. The largest absolute Gasteiger partial charge is 0.347 e. The summed E-state index contributed by atoms with van der Waals surface area (Å²) in [4.78, 5) is 24.8. The molecule has 2 amide bonds. The number of likely N-dealkylation sites (N-methyl/N-ethyl adjacent to an activating group) is 1. The van der Waals surface area contributed by atoms with Gasteiger partial charge in [-0.1, -0.05) is 30.3 Å². The molecule has 0 unspecified atom stereocenters. The molecule has 0 spiro atoms. The zero-order valence-corrected chi connectivity index (χ0v) is 14.8. The summed E-state index contributed by atoms with van der Waals surface area (Å²) in [5, 5.41) is 5.90. The summed E-state index contributed by atoms with van der Waals surface area (Å²) in [6.45, 7) is 0.950. The van der Waals surface area contributed by atoms with Crippen molar-refractivity contribution in [2.45, 2.75) is 18.5 Å². The van der Waals surface area contributed by atoms with Crippen LogP contribution in [0.25, 0.3) is 0 Å². The van der Waals surface area contributed by atoms with E-state index in [-0.39, 0.29) is 18.1 Å². The topological polar surface area (TPSA) is 73.4 Å². The fourth-order valence-electron chi connectivity index (χ4n) is 3.19. The van der Waals surface area contributed by atoms with Crippen LogP contribution in [0.4, 0.5) is 16.4 Å². The Labute approximate surface area is 148 Å². The van der Waals surface area contributed by atoms with E-state index >= 15 is 0 Å². The van der Waals surface area contributed by atoms with Crippen molar-refractivity contribution in [3.63, 3.8) is 0 Å². The number of aromatic nitrogens is 2. The molecule has 1 aromatic heterocycles. The Morgan fingerprint density at radius 2 is 1.88 bits per heavy atom. The normalized spacial score (nSPS) is 20.3. The highest BCUT2D eigenvalue weighted by atomic mass is 16.2. The summed E-state index contributed by atoms with van der Waals surface area (Å²) < 4.78 is 0. The van der Waals surface area contributed by atoms with Crippen molar-refractivity contribution < 1.29 is 4.79 Å². The molecule has 25 heavy (non-hydrogen) atoms. The Morgan fingerprint density at radius 1 is 1.20 bits per heavy atom. The lowest BCUT2D eigenvalue weighted by atomic mass is 10.0. The van der Waals surface area contributed by atoms with E-state index < -0.39 is 0 Å². The van der Waals surface area contributed by atoms with Gasteiger partial charge in [0.2, 0.25) is 5.95 Å². The van der Waals surface area contributed by atoms with Gasteiger partial charge in [-0.3, -0.25) is 4.90 Å². The van der Waals surface area contributed by atoms with Crippen LogP contribution in [-0.2, 0) is 0 Å². The Balaban J connectivity index is 1.63. The molecule has 132 valence electrons. The number of anilines is 2. The number of nitrogens with one attached hydrogen (secondary N) is 2. The number of hydrogen-bond donors (Lipinski definition) is 2. The van der Waals surface area contributed by atoms with Gasteiger partial charge in [-0.05, 0) is 19.0 Å². The van der Waals surface area contributed by atoms with Gasteiger partial charge in [0.05, 0.1) is 30.2 Å². The van der Waals surface area contributed by atoms with Crippen molar-refractivity contribution >= 4 is 17.7 Å². The van der Waals surface area contributed by atoms with Gasteiger partial charge in [0.25, 0.3) is 0 Å². The van der Waals surface area contributed by atoms with Crippen LogP contribution >= 0.6 is 0 Å². The Morgan fingerprint density at radius 3 is 2.52 bits per heavy atom. The van der Waals surface area contributed by atoms with Crippen molar-refractivity contribution in [1.82, 2.24) is 20.2 Å². The summed E-state index contributed by atoms with van der Waals surface area (Å²) in [5.74, 6) is 0.604. The van der Waals surface area contributed by atoms with E-state index in [4.69, 9.17) is 0 Å². The van der Waals surface area contributed by atoms with Crippen LogP contribution in [0, 0.1) is 0 Å². The number of amides is 2. The van der Waals surface area contributed by atoms with E-state index in [1.54, 1.807) is 12.4 Å². The first-order valence-corrected chi connectivity index (χ1v) is 8.36. The molecule has 1 aliphatic heterocycles. The summed E-state index contributed by atoms with van der Waals surface area (Å²) in [6.07, 6.45) is 4.13. The smallest absolute Gasteiger partial charge is 0.319 e. The molecule has 2 heterocycles. The van der Waals surface area contributed by atoms with Crippen molar-refractivity contribution in [3.05, 3.63) is 48.3 Å². The molecule has 1 fully saturated rings. The standard InChI is InChI=1S/C18H24N6O/c1-23(2)17-19-11-14(12-20-17)21-18(25)22-15-9-10-24(3)16(15)13-7-5-4-6-8-13/h4-8,11-12,15-16H,9-10H2,1-3H3,(H2,21,22,25)/t15-,16-/m0/s1. The second-order valence-corrected chi connectivity index (χ2v) is 6.50. The number of carbonyl (C=O) groups is 1. The van der Waals surface area contributed by atoms with Crippen LogP contribution in [0.1, 0.15) is 18.0 Å². The average Bonchev–Trinajstić information content (AvgIpc) is 2.96. The van der Waals surface area contributed by atoms with E-state index in [2.05, 4.69) is 44.7 Å². The lowest BCUT2D eigenvalue weighted by molar-refractivity contribution is 0.240. The van der Waals surface area contributed by atoms with Gasteiger partial charge in [0.1, 0.15) is 0 Å². The molecule has 2 N–H and O–H groups in total. The van der Waals surface area contributed by atoms with E-state index in [1.165, 1.54) is 5.56 Å². The molecule has 1 aliphatic rings. The van der Waals surface area contributed by atoms with E-state index in [9.17, 15) is 4.79 Å². The first kappa shape index (κ1) is 17.2. The minimum absolute atomic E-state index is 0.0642. The van der Waals surface area contributed by atoms with Crippen LogP contribution in [0.15, 0.2) is 42.7 Å². The van der Waals surface area contributed by atoms with Crippen LogP contribution in [0.2, 0.25) is 0 Å². The summed E-state index contributed by atoms with van der Waals surface area (Å²) >= 11 is 0. The number of benzene rings is 1. The minimum Gasteiger partial charge on any atom is -0.347 e.